The van der Waals surface area contributed by atoms with Gasteiger partial charge in [-0.2, -0.15) is 0 Å². The molecule has 118 valence electrons. The van der Waals surface area contributed by atoms with Crippen LogP contribution in [0.4, 0.5) is 0 Å². The van der Waals surface area contributed by atoms with Crippen molar-refractivity contribution in [2.24, 2.45) is 5.73 Å². The number of benzene rings is 1. The molecule has 2 rings (SSSR count). The summed E-state index contributed by atoms with van der Waals surface area (Å²) in [5, 5.41) is 9.35. The molecule has 0 bridgehead atoms. The summed E-state index contributed by atoms with van der Waals surface area (Å²) in [4.78, 5) is 2.41. The third-order valence-corrected chi connectivity index (χ3v) is 4.44. The number of methoxy groups -OCH3 is 1. The topological polar surface area (TPSA) is 58.7 Å². The van der Waals surface area contributed by atoms with E-state index in [4.69, 9.17) is 10.5 Å². The Morgan fingerprint density at radius 1 is 1.29 bits per heavy atom. The SMILES string of the molecule is COc1cc(CN(CCO)C2CCCCC2)ccc1CN. The van der Waals surface area contributed by atoms with E-state index in [0.717, 1.165) is 24.4 Å². The minimum atomic E-state index is 0.217. The van der Waals surface area contributed by atoms with Gasteiger partial charge in [-0.25, -0.2) is 0 Å². The molecule has 1 fully saturated rings. The first-order valence-corrected chi connectivity index (χ1v) is 7.99. The highest BCUT2D eigenvalue weighted by molar-refractivity contribution is 5.37. The Morgan fingerprint density at radius 3 is 2.67 bits per heavy atom. The lowest BCUT2D eigenvalue weighted by Crippen LogP contribution is -2.38. The highest BCUT2D eigenvalue weighted by Gasteiger charge is 2.21. The zero-order valence-electron chi connectivity index (χ0n) is 13.1. The number of hydrogen-bond acceptors (Lipinski definition) is 4. The van der Waals surface area contributed by atoms with Crippen LogP contribution in [0.2, 0.25) is 0 Å². The van der Waals surface area contributed by atoms with Gasteiger partial charge in [-0.05, 0) is 24.5 Å². The molecule has 3 N–H and O–H groups in total. The van der Waals surface area contributed by atoms with Crippen molar-refractivity contribution in [2.45, 2.75) is 51.2 Å². The molecule has 4 heteroatoms. The highest BCUT2D eigenvalue weighted by atomic mass is 16.5. The monoisotopic (exact) mass is 292 g/mol. The van der Waals surface area contributed by atoms with Gasteiger partial charge >= 0.3 is 0 Å². The average Bonchev–Trinajstić information content (AvgIpc) is 2.55. The van der Waals surface area contributed by atoms with Gasteiger partial charge in [0.25, 0.3) is 0 Å². The first kappa shape index (κ1) is 16.3. The smallest absolute Gasteiger partial charge is 0.123 e. The summed E-state index contributed by atoms with van der Waals surface area (Å²) < 4.78 is 5.42. The van der Waals surface area contributed by atoms with Gasteiger partial charge < -0.3 is 15.6 Å². The first-order valence-electron chi connectivity index (χ1n) is 7.99. The van der Waals surface area contributed by atoms with Crippen molar-refractivity contribution < 1.29 is 9.84 Å². The summed E-state index contributed by atoms with van der Waals surface area (Å²) in [5.74, 6) is 0.864. The first-order chi connectivity index (χ1) is 10.3. The molecule has 21 heavy (non-hydrogen) atoms. The van der Waals surface area contributed by atoms with E-state index in [1.807, 2.05) is 6.07 Å². The summed E-state index contributed by atoms with van der Waals surface area (Å²) in [5.41, 5.74) is 7.98. The van der Waals surface area contributed by atoms with Crippen molar-refractivity contribution in [3.05, 3.63) is 29.3 Å². The van der Waals surface area contributed by atoms with Crippen LogP contribution < -0.4 is 10.5 Å². The fraction of sp³-hybridized carbons (Fsp3) is 0.647. The summed E-state index contributed by atoms with van der Waals surface area (Å²) in [6.07, 6.45) is 6.46. The Balaban J connectivity index is 2.08. The third-order valence-electron chi connectivity index (χ3n) is 4.44. The van der Waals surface area contributed by atoms with Gasteiger partial charge in [-0.1, -0.05) is 31.4 Å². The van der Waals surface area contributed by atoms with E-state index in [1.54, 1.807) is 7.11 Å². The highest BCUT2D eigenvalue weighted by Crippen LogP contribution is 2.26. The van der Waals surface area contributed by atoms with Crippen molar-refractivity contribution in [3.8, 4) is 5.75 Å². The molecule has 1 aliphatic rings. The molecule has 0 aliphatic heterocycles. The van der Waals surface area contributed by atoms with Gasteiger partial charge in [-0.3, -0.25) is 4.90 Å². The van der Waals surface area contributed by atoms with Crippen LogP contribution in [-0.4, -0.2) is 36.3 Å². The molecule has 0 heterocycles. The van der Waals surface area contributed by atoms with Crippen LogP contribution in [-0.2, 0) is 13.1 Å². The molecule has 1 aromatic rings. The van der Waals surface area contributed by atoms with Crippen LogP contribution >= 0.6 is 0 Å². The van der Waals surface area contributed by atoms with Crippen molar-refractivity contribution in [1.29, 1.82) is 0 Å². The van der Waals surface area contributed by atoms with Crippen LogP contribution in [0.5, 0.6) is 5.75 Å². The number of aliphatic hydroxyl groups excluding tert-OH is 1. The molecule has 1 aliphatic carbocycles. The second kappa shape index (κ2) is 8.37. The molecule has 4 nitrogen and oxygen atoms in total. The molecule has 0 radical (unpaired) electrons. The second-order valence-electron chi connectivity index (χ2n) is 5.84. The van der Waals surface area contributed by atoms with E-state index in [2.05, 4.69) is 17.0 Å². The van der Waals surface area contributed by atoms with Crippen molar-refractivity contribution >= 4 is 0 Å². The molecule has 0 atom stereocenters. The second-order valence-corrected chi connectivity index (χ2v) is 5.84. The number of aliphatic hydroxyl groups is 1. The Hall–Kier alpha value is -1.10. The number of ether oxygens (including phenoxy) is 1. The van der Waals surface area contributed by atoms with Crippen LogP contribution in [0.25, 0.3) is 0 Å². The van der Waals surface area contributed by atoms with E-state index < -0.39 is 0 Å². The largest absolute Gasteiger partial charge is 0.496 e. The molecule has 1 aromatic carbocycles. The Labute approximate surface area is 127 Å². The molecular weight excluding hydrogens is 264 g/mol. The molecule has 0 saturated heterocycles. The Morgan fingerprint density at radius 2 is 2.05 bits per heavy atom. The van der Waals surface area contributed by atoms with Gasteiger partial charge in [0.15, 0.2) is 0 Å². The predicted molar refractivity (Wildman–Crippen MR) is 85.3 cm³/mol. The van der Waals surface area contributed by atoms with Crippen LogP contribution in [0.15, 0.2) is 18.2 Å². The minimum absolute atomic E-state index is 0.217. The lowest BCUT2D eigenvalue weighted by atomic mass is 9.93. The summed E-state index contributed by atoms with van der Waals surface area (Å²) in [6, 6.07) is 6.85. The van der Waals surface area contributed by atoms with Crippen molar-refractivity contribution in [1.82, 2.24) is 4.90 Å². The average molecular weight is 292 g/mol. The lowest BCUT2D eigenvalue weighted by Gasteiger charge is -2.34. The van der Waals surface area contributed by atoms with Crippen molar-refractivity contribution in [3.63, 3.8) is 0 Å². The van der Waals surface area contributed by atoms with Crippen LogP contribution in [0, 0.1) is 0 Å². The van der Waals surface area contributed by atoms with Gasteiger partial charge in [0.2, 0.25) is 0 Å². The fourth-order valence-electron chi connectivity index (χ4n) is 3.26. The van der Waals surface area contributed by atoms with Crippen molar-refractivity contribution in [2.75, 3.05) is 20.3 Å². The van der Waals surface area contributed by atoms with E-state index in [-0.39, 0.29) is 6.61 Å². The number of nitrogens with zero attached hydrogens (tertiary/aromatic N) is 1. The van der Waals surface area contributed by atoms with E-state index in [1.165, 1.54) is 37.7 Å². The van der Waals surface area contributed by atoms with Crippen LogP contribution in [0.1, 0.15) is 43.2 Å². The molecule has 0 aromatic heterocycles. The normalized spacial score (nSPS) is 16.4. The lowest BCUT2D eigenvalue weighted by molar-refractivity contribution is 0.117. The molecule has 0 spiro atoms. The third kappa shape index (κ3) is 4.43. The maximum Gasteiger partial charge on any atom is 0.123 e. The standard InChI is InChI=1S/C17H28N2O2/c1-21-17-11-14(7-8-15(17)12-18)13-19(9-10-20)16-5-3-2-4-6-16/h7-8,11,16,20H,2-6,9-10,12-13,18H2,1H3. The number of rotatable bonds is 7. The summed E-state index contributed by atoms with van der Waals surface area (Å²) in [6.45, 7) is 2.32. The predicted octanol–water partition coefficient (Wildman–Crippen LogP) is 2.28. The summed E-state index contributed by atoms with van der Waals surface area (Å²) >= 11 is 0. The van der Waals surface area contributed by atoms with Gasteiger partial charge in [-0.15, -0.1) is 0 Å². The Bertz CT molecular complexity index is 431. The molecule has 0 amide bonds. The maximum atomic E-state index is 9.35. The molecule has 0 unspecified atom stereocenters. The fourth-order valence-corrected chi connectivity index (χ4v) is 3.26. The van der Waals surface area contributed by atoms with Gasteiger partial charge in [0.1, 0.15) is 5.75 Å². The molecule has 1 saturated carbocycles. The zero-order valence-corrected chi connectivity index (χ0v) is 13.1. The van der Waals surface area contributed by atoms with Gasteiger partial charge in [0.05, 0.1) is 13.7 Å². The maximum absolute atomic E-state index is 9.35. The summed E-state index contributed by atoms with van der Waals surface area (Å²) in [7, 11) is 1.69. The zero-order chi connectivity index (χ0) is 15.1. The minimum Gasteiger partial charge on any atom is -0.496 e. The van der Waals surface area contributed by atoms with Crippen LogP contribution in [0.3, 0.4) is 0 Å². The van der Waals surface area contributed by atoms with E-state index in [0.29, 0.717) is 12.6 Å². The number of nitrogens with two attached hydrogens (primary N) is 1. The quantitative estimate of drug-likeness (QED) is 0.809. The molecular formula is C17H28N2O2. The van der Waals surface area contributed by atoms with Gasteiger partial charge in [0, 0.05) is 31.2 Å². The number of hydrogen-bond donors (Lipinski definition) is 2. The van der Waals surface area contributed by atoms with E-state index in [9.17, 15) is 5.11 Å². The Kier molecular flexibility index (Phi) is 6.49. The van der Waals surface area contributed by atoms with E-state index >= 15 is 0 Å².